The number of rotatable bonds is 6. The van der Waals surface area contributed by atoms with Crippen molar-refractivity contribution in [3.05, 3.63) is 66.2 Å². The van der Waals surface area contributed by atoms with Gasteiger partial charge in [0.25, 0.3) is 0 Å². The Morgan fingerprint density at radius 3 is 2.33 bits per heavy atom. The molecule has 1 aromatic heterocycles. The maximum absolute atomic E-state index is 13.0. The third-order valence-corrected chi connectivity index (χ3v) is 6.91. The Kier molecular flexibility index (Phi) is 6.53. The molecule has 2 aromatic carbocycles. The van der Waals surface area contributed by atoms with Crippen molar-refractivity contribution in [3.8, 4) is 11.4 Å². The molecule has 0 radical (unpaired) electrons. The Labute approximate surface area is 182 Å². The van der Waals surface area contributed by atoms with E-state index in [1.165, 1.54) is 17.3 Å². The minimum atomic E-state index is -0.179. The van der Waals surface area contributed by atoms with Crippen LogP contribution in [-0.4, -0.2) is 43.9 Å². The van der Waals surface area contributed by atoms with Crippen LogP contribution in [0.15, 0.2) is 65.8 Å². The second-order valence-electron chi connectivity index (χ2n) is 7.95. The zero-order chi connectivity index (χ0) is 20.9. The van der Waals surface area contributed by atoms with Gasteiger partial charge in [0.2, 0.25) is 5.91 Å². The van der Waals surface area contributed by atoms with Gasteiger partial charge < -0.3 is 9.47 Å². The molecule has 4 rings (SSSR count). The summed E-state index contributed by atoms with van der Waals surface area (Å²) in [6.07, 6.45) is 3.24. The second-order valence-corrected chi connectivity index (χ2v) is 9.26. The number of nitrogens with zero attached hydrogens (tertiary/aromatic N) is 4. The van der Waals surface area contributed by atoms with Crippen LogP contribution in [0.25, 0.3) is 11.4 Å². The summed E-state index contributed by atoms with van der Waals surface area (Å²) in [5.74, 6) is 1.67. The zero-order valence-corrected chi connectivity index (χ0v) is 18.4. The van der Waals surface area contributed by atoms with Gasteiger partial charge in [-0.25, -0.2) is 0 Å². The molecule has 3 aromatic rings. The molecular formula is C24H28N4OS. The standard InChI is InChI=1S/C24H28N4OS/c1-18(30-24-26-25-22(27(24)2)21-11-7-4-8-12-21)23(29)28-15-13-20(14-16-28)17-19-9-5-3-6-10-19/h3-12,18,20H,13-17H2,1-2H3/t18-/m1/s1. The molecule has 156 valence electrons. The number of likely N-dealkylation sites (tertiary alicyclic amines) is 1. The van der Waals surface area contributed by atoms with Crippen LogP contribution in [0.1, 0.15) is 25.3 Å². The summed E-state index contributed by atoms with van der Waals surface area (Å²) in [7, 11) is 1.96. The molecule has 5 nitrogen and oxygen atoms in total. The van der Waals surface area contributed by atoms with Gasteiger partial charge in [-0.05, 0) is 37.7 Å². The molecule has 1 fully saturated rings. The largest absolute Gasteiger partial charge is 0.342 e. The molecular weight excluding hydrogens is 392 g/mol. The lowest BCUT2D eigenvalue weighted by molar-refractivity contribution is -0.131. The number of benzene rings is 2. The number of carbonyl (C=O) groups is 1. The van der Waals surface area contributed by atoms with E-state index >= 15 is 0 Å². The molecule has 0 bridgehead atoms. The Hall–Kier alpha value is -2.60. The number of carbonyl (C=O) groups excluding carboxylic acids is 1. The van der Waals surface area contributed by atoms with Gasteiger partial charge in [-0.2, -0.15) is 0 Å². The topological polar surface area (TPSA) is 51.0 Å². The third kappa shape index (κ3) is 4.75. The van der Waals surface area contributed by atoms with Crippen LogP contribution in [-0.2, 0) is 18.3 Å². The van der Waals surface area contributed by atoms with E-state index in [2.05, 4.69) is 40.5 Å². The van der Waals surface area contributed by atoms with E-state index in [1.54, 1.807) is 0 Å². The van der Waals surface area contributed by atoms with Crippen LogP contribution in [0.5, 0.6) is 0 Å². The average molecular weight is 421 g/mol. The van der Waals surface area contributed by atoms with Crippen molar-refractivity contribution in [1.82, 2.24) is 19.7 Å². The molecule has 2 heterocycles. The van der Waals surface area contributed by atoms with Crippen molar-refractivity contribution in [2.24, 2.45) is 13.0 Å². The normalized spacial score (nSPS) is 15.9. The molecule has 0 aliphatic carbocycles. The predicted molar refractivity (Wildman–Crippen MR) is 121 cm³/mol. The van der Waals surface area contributed by atoms with Gasteiger partial charge in [-0.15, -0.1) is 10.2 Å². The maximum atomic E-state index is 13.0. The Morgan fingerprint density at radius 1 is 1.03 bits per heavy atom. The van der Waals surface area contributed by atoms with E-state index in [-0.39, 0.29) is 11.2 Å². The van der Waals surface area contributed by atoms with Crippen LogP contribution in [0, 0.1) is 5.92 Å². The minimum absolute atomic E-state index is 0.179. The van der Waals surface area contributed by atoms with E-state index in [0.717, 1.165) is 48.9 Å². The monoisotopic (exact) mass is 420 g/mol. The molecule has 0 unspecified atom stereocenters. The quantitative estimate of drug-likeness (QED) is 0.553. The molecule has 0 N–H and O–H groups in total. The number of thioether (sulfide) groups is 1. The first-order chi connectivity index (χ1) is 14.6. The lowest BCUT2D eigenvalue weighted by Crippen LogP contribution is -2.42. The molecule has 30 heavy (non-hydrogen) atoms. The van der Waals surface area contributed by atoms with E-state index in [0.29, 0.717) is 5.92 Å². The van der Waals surface area contributed by atoms with Crippen LogP contribution < -0.4 is 0 Å². The first-order valence-electron chi connectivity index (χ1n) is 10.6. The molecule has 1 aliphatic heterocycles. The Morgan fingerprint density at radius 2 is 1.67 bits per heavy atom. The summed E-state index contributed by atoms with van der Waals surface area (Å²) in [4.78, 5) is 15.0. The van der Waals surface area contributed by atoms with Crippen LogP contribution in [0.2, 0.25) is 0 Å². The van der Waals surface area contributed by atoms with Crippen molar-refractivity contribution in [1.29, 1.82) is 0 Å². The molecule has 1 amide bonds. The first kappa shape index (κ1) is 20.7. The van der Waals surface area contributed by atoms with Crippen molar-refractivity contribution in [2.75, 3.05) is 13.1 Å². The van der Waals surface area contributed by atoms with E-state index < -0.39 is 0 Å². The highest BCUT2D eigenvalue weighted by molar-refractivity contribution is 8.00. The van der Waals surface area contributed by atoms with Gasteiger partial charge in [-0.3, -0.25) is 4.79 Å². The molecule has 6 heteroatoms. The summed E-state index contributed by atoms with van der Waals surface area (Å²) in [5, 5.41) is 9.25. The highest BCUT2D eigenvalue weighted by atomic mass is 32.2. The van der Waals surface area contributed by atoms with Gasteiger partial charge in [0, 0.05) is 25.7 Å². The van der Waals surface area contributed by atoms with Gasteiger partial charge in [0.05, 0.1) is 5.25 Å². The number of piperidine rings is 1. The fourth-order valence-corrected chi connectivity index (χ4v) is 4.93. The second kappa shape index (κ2) is 9.47. The highest BCUT2D eigenvalue weighted by Gasteiger charge is 2.28. The van der Waals surface area contributed by atoms with E-state index in [9.17, 15) is 4.79 Å². The van der Waals surface area contributed by atoms with Crippen molar-refractivity contribution in [2.45, 2.75) is 36.6 Å². The third-order valence-electron chi connectivity index (χ3n) is 5.79. The summed E-state index contributed by atoms with van der Waals surface area (Å²) < 4.78 is 1.97. The Balaban J connectivity index is 1.32. The molecule has 1 aliphatic rings. The number of amides is 1. The maximum Gasteiger partial charge on any atom is 0.235 e. The van der Waals surface area contributed by atoms with Crippen molar-refractivity contribution < 1.29 is 4.79 Å². The first-order valence-corrected chi connectivity index (χ1v) is 11.4. The lowest BCUT2D eigenvalue weighted by atomic mass is 9.90. The number of aromatic nitrogens is 3. The van der Waals surface area contributed by atoms with Gasteiger partial charge in [-0.1, -0.05) is 72.4 Å². The van der Waals surface area contributed by atoms with E-state index in [1.807, 2.05) is 53.8 Å². The van der Waals surface area contributed by atoms with Gasteiger partial charge >= 0.3 is 0 Å². The molecule has 0 saturated carbocycles. The summed E-state index contributed by atoms with van der Waals surface area (Å²) in [5.41, 5.74) is 2.42. The van der Waals surface area contributed by atoms with E-state index in [4.69, 9.17) is 0 Å². The van der Waals surface area contributed by atoms with Crippen LogP contribution in [0.4, 0.5) is 0 Å². The minimum Gasteiger partial charge on any atom is -0.342 e. The summed E-state index contributed by atoms with van der Waals surface area (Å²) in [6, 6.07) is 20.7. The lowest BCUT2D eigenvalue weighted by Gasteiger charge is -2.33. The van der Waals surface area contributed by atoms with Gasteiger partial charge in [0.15, 0.2) is 11.0 Å². The zero-order valence-electron chi connectivity index (χ0n) is 17.6. The summed E-state index contributed by atoms with van der Waals surface area (Å²) >= 11 is 1.49. The fraction of sp³-hybridized carbons (Fsp3) is 0.375. The summed E-state index contributed by atoms with van der Waals surface area (Å²) in [6.45, 7) is 3.66. The average Bonchev–Trinajstić information content (AvgIpc) is 3.15. The molecule has 1 atom stereocenters. The van der Waals surface area contributed by atoms with Gasteiger partial charge in [0.1, 0.15) is 0 Å². The molecule has 0 spiro atoms. The predicted octanol–water partition coefficient (Wildman–Crippen LogP) is 4.44. The van der Waals surface area contributed by atoms with Crippen molar-refractivity contribution >= 4 is 17.7 Å². The number of hydrogen-bond donors (Lipinski definition) is 0. The van der Waals surface area contributed by atoms with Crippen molar-refractivity contribution in [3.63, 3.8) is 0 Å². The van der Waals surface area contributed by atoms with Crippen LogP contribution in [0.3, 0.4) is 0 Å². The Bertz CT molecular complexity index is 965. The number of hydrogen-bond acceptors (Lipinski definition) is 4. The van der Waals surface area contributed by atoms with Crippen LogP contribution >= 0.6 is 11.8 Å². The molecule has 1 saturated heterocycles. The SMILES string of the molecule is C[C@@H](Sc1nnc(-c2ccccc2)n1C)C(=O)N1CCC(Cc2ccccc2)CC1. The highest BCUT2D eigenvalue weighted by Crippen LogP contribution is 2.28. The fourth-order valence-electron chi connectivity index (χ4n) is 4.03. The smallest absolute Gasteiger partial charge is 0.235 e.